The minimum atomic E-state index is 0.430. The van der Waals surface area contributed by atoms with E-state index >= 15 is 0 Å². The predicted molar refractivity (Wildman–Crippen MR) is 87.0 cm³/mol. The first-order valence-electron chi connectivity index (χ1n) is 7.63. The van der Waals surface area contributed by atoms with Crippen molar-refractivity contribution in [3.63, 3.8) is 0 Å². The molecule has 0 saturated heterocycles. The van der Waals surface area contributed by atoms with Crippen LogP contribution in [0, 0.1) is 17.2 Å². The van der Waals surface area contributed by atoms with Crippen LogP contribution >= 0.6 is 11.3 Å². The Morgan fingerprint density at radius 2 is 2.00 bits per heavy atom. The van der Waals surface area contributed by atoms with Gasteiger partial charge in [-0.15, -0.1) is 11.3 Å². The first-order chi connectivity index (χ1) is 10.4. The van der Waals surface area contributed by atoms with E-state index in [0.29, 0.717) is 6.04 Å². The van der Waals surface area contributed by atoms with E-state index in [0.717, 1.165) is 23.6 Å². The summed E-state index contributed by atoms with van der Waals surface area (Å²) in [6.45, 7) is 0.767. The first kappa shape index (κ1) is 14.3. The fourth-order valence-electron chi connectivity index (χ4n) is 3.26. The number of nitrogens with zero attached hydrogens (tertiary/aromatic N) is 1. The van der Waals surface area contributed by atoms with Crippen LogP contribution in [0.2, 0.25) is 0 Å². The van der Waals surface area contributed by atoms with Crippen molar-refractivity contribution in [3.8, 4) is 6.07 Å². The molecule has 3 heteroatoms. The van der Waals surface area contributed by atoms with Gasteiger partial charge in [-0.1, -0.05) is 37.1 Å². The van der Waals surface area contributed by atoms with Crippen molar-refractivity contribution in [1.29, 1.82) is 5.26 Å². The van der Waals surface area contributed by atoms with Crippen molar-refractivity contribution in [2.24, 2.45) is 5.92 Å². The Hall–Kier alpha value is -1.63. The molecule has 0 bridgehead atoms. The Kier molecular flexibility index (Phi) is 4.69. The minimum absolute atomic E-state index is 0.430. The Balaban J connectivity index is 1.74. The lowest BCUT2D eigenvalue weighted by Crippen LogP contribution is -2.26. The molecule has 0 radical (unpaired) electrons. The van der Waals surface area contributed by atoms with Gasteiger partial charge < -0.3 is 5.32 Å². The monoisotopic (exact) mass is 296 g/mol. The first-order valence-corrected chi connectivity index (χ1v) is 8.51. The Bertz CT molecular complexity index is 606. The molecule has 0 amide bonds. The van der Waals surface area contributed by atoms with Crippen LogP contribution in [0.5, 0.6) is 0 Å². The third-order valence-corrected chi connectivity index (χ3v) is 5.33. The van der Waals surface area contributed by atoms with Gasteiger partial charge in [0.15, 0.2) is 0 Å². The zero-order valence-corrected chi connectivity index (χ0v) is 12.9. The van der Waals surface area contributed by atoms with Crippen LogP contribution in [-0.4, -0.2) is 0 Å². The molecule has 2 nitrogen and oxygen atoms in total. The molecular weight excluding hydrogens is 276 g/mol. The molecule has 1 N–H and O–H groups in total. The van der Waals surface area contributed by atoms with E-state index in [9.17, 15) is 5.26 Å². The van der Waals surface area contributed by atoms with Crippen molar-refractivity contribution in [3.05, 3.63) is 57.8 Å². The summed E-state index contributed by atoms with van der Waals surface area (Å²) in [6.07, 6.45) is 5.33. The van der Waals surface area contributed by atoms with Gasteiger partial charge in [0.2, 0.25) is 0 Å². The zero-order chi connectivity index (χ0) is 14.5. The summed E-state index contributed by atoms with van der Waals surface area (Å²) in [5, 5.41) is 15.1. The van der Waals surface area contributed by atoms with E-state index < -0.39 is 0 Å². The topological polar surface area (TPSA) is 35.8 Å². The quantitative estimate of drug-likeness (QED) is 0.872. The molecule has 1 aromatic heterocycles. The van der Waals surface area contributed by atoms with Crippen LogP contribution in [0.4, 0.5) is 0 Å². The molecular formula is C18H20N2S. The lowest BCUT2D eigenvalue weighted by atomic mass is 9.96. The van der Waals surface area contributed by atoms with Crippen molar-refractivity contribution < 1.29 is 0 Å². The lowest BCUT2D eigenvalue weighted by molar-refractivity contribution is 0.371. The van der Waals surface area contributed by atoms with E-state index in [2.05, 4.69) is 28.9 Å². The zero-order valence-electron chi connectivity index (χ0n) is 12.1. The van der Waals surface area contributed by atoms with E-state index in [4.69, 9.17) is 0 Å². The largest absolute Gasteiger partial charge is 0.305 e. The fraction of sp³-hybridized carbons (Fsp3) is 0.389. The molecule has 21 heavy (non-hydrogen) atoms. The highest BCUT2D eigenvalue weighted by atomic mass is 32.1. The van der Waals surface area contributed by atoms with Gasteiger partial charge >= 0.3 is 0 Å². The van der Waals surface area contributed by atoms with E-state index in [1.54, 1.807) is 0 Å². The molecule has 0 spiro atoms. The van der Waals surface area contributed by atoms with Crippen molar-refractivity contribution in [1.82, 2.24) is 5.32 Å². The van der Waals surface area contributed by atoms with E-state index in [1.165, 1.54) is 30.6 Å². The maximum Gasteiger partial charge on any atom is 0.0995 e. The maximum atomic E-state index is 9.20. The van der Waals surface area contributed by atoms with Crippen LogP contribution in [0.15, 0.2) is 41.8 Å². The summed E-state index contributed by atoms with van der Waals surface area (Å²) in [5.41, 5.74) is 1.88. The lowest BCUT2D eigenvalue weighted by Gasteiger charge is -2.24. The average molecular weight is 296 g/mol. The van der Waals surface area contributed by atoms with Crippen LogP contribution < -0.4 is 5.32 Å². The summed E-state index contributed by atoms with van der Waals surface area (Å²) in [7, 11) is 0. The Morgan fingerprint density at radius 3 is 2.71 bits per heavy atom. The number of thiophene rings is 1. The summed E-state index contributed by atoms with van der Waals surface area (Å²) >= 11 is 1.84. The SMILES string of the molecule is N#Cc1ccccc1CNC(c1cccs1)C1CCCC1. The second-order valence-electron chi connectivity index (χ2n) is 5.69. The van der Waals surface area contributed by atoms with Crippen molar-refractivity contribution in [2.75, 3.05) is 0 Å². The summed E-state index contributed by atoms with van der Waals surface area (Å²) in [4.78, 5) is 1.43. The second kappa shape index (κ2) is 6.89. The number of nitrogens with one attached hydrogen (secondary N) is 1. The van der Waals surface area contributed by atoms with E-state index in [-0.39, 0.29) is 0 Å². The number of benzene rings is 1. The highest BCUT2D eigenvalue weighted by Crippen LogP contribution is 2.37. The van der Waals surface area contributed by atoms with Crippen LogP contribution in [0.3, 0.4) is 0 Å². The fourth-order valence-corrected chi connectivity index (χ4v) is 4.16. The van der Waals surface area contributed by atoms with Gasteiger partial charge in [0.1, 0.15) is 0 Å². The third-order valence-electron chi connectivity index (χ3n) is 4.37. The van der Waals surface area contributed by atoms with Gasteiger partial charge in [0, 0.05) is 17.5 Å². The van der Waals surface area contributed by atoms with Gasteiger partial charge in [0.05, 0.1) is 11.6 Å². The van der Waals surface area contributed by atoms with Crippen molar-refractivity contribution >= 4 is 11.3 Å². The molecule has 1 saturated carbocycles. The smallest absolute Gasteiger partial charge is 0.0995 e. The van der Waals surface area contributed by atoms with Gasteiger partial charge in [-0.2, -0.15) is 5.26 Å². The molecule has 1 aliphatic carbocycles. The predicted octanol–water partition coefficient (Wildman–Crippen LogP) is 4.64. The molecule has 108 valence electrons. The Labute approximate surface area is 130 Å². The molecule has 1 atom stereocenters. The highest BCUT2D eigenvalue weighted by Gasteiger charge is 2.26. The number of hydrogen-bond acceptors (Lipinski definition) is 3. The molecule has 1 aliphatic rings. The van der Waals surface area contributed by atoms with Crippen molar-refractivity contribution in [2.45, 2.75) is 38.3 Å². The minimum Gasteiger partial charge on any atom is -0.305 e. The van der Waals surface area contributed by atoms with E-state index in [1.807, 2.05) is 35.6 Å². The van der Waals surface area contributed by atoms with Crippen LogP contribution in [0.25, 0.3) is 0 Å². The van der Waals surface area contributed by atoms with Gasteiger partial charge in [-0.05, 0) is 41.8 Å². The molecule has 2 aromatic rings. The number of rotatable bonds is 5. The summed E-state index contributed by atoms with van der Waals surface area (Å²) in [6, 6.07) is 15.0. The molecule has 0 aliphatic heterocycles. The Morgan fingerprint density at radius 1 is 1.19 bits per heavy atom. The molecule has 1 fully saturated rings. The molecule has 1 heterocycles. The number of hydrogen-bond donors (Lipinski definition) is 1. The molecule has 1 aromatic carbocycles. The summed E-state index contributed by atoms with van der Waals surface area (Å²) < 4.78 is 0. The van der Waals surface area contributed by atoms with Gasteiger partial charge in [0.25, 0.3) is 0 Å². The molecule has 1 unspecified atom stereocenters. The van der Waals surface area contributed by atoms with Gasteiger partial charge in [-0.3, -0.25) is 0 Å². The highest BCUT2D eigenvalue weighted by molar-refractivity contribution is 7.10. The van der Waals surface area contributed by atoms with Gasteiger partial charge in [-0.25, -0.2) is 0 Å². The molecule has 3 rings (SSSR count). The number of nitriles is 1. The average Bonchev–Trinajstić information content (AvgIpc) is 3.22. The standard InChI is InChI=1S/C18H20N2S/c19-12-15-8-3-4-9-16(15)13-20-18(14-6-1-2-7-14)17-10-5-11-21-17/h3-5,8-11,14,18,20H,1-2,6-7,13H2. The third kappa shape index (κ3) is 3.34. The van der Waals surface area contributed by atoms with Crippen LogP contribution in [-0.2, 0) is 6.54 Å². The normalized spacial score (nSPS) is 16.7. The maximum absolute atomic E-state index is 9.20. The summed E-state index contributed by atoms with van der Waals surface area (Å²) in [5.74, 6) is 0.734. The second-order valence-corrected chi connectivity index (χ2v) is 6.67. The van der Waals surface area contributed by atoms with Crippen LogP contribution in [0.1, 0.15) is 47.7 Å².